The Bertz CT molecular complexity index is 350. The first-order chi connectivity index (χ1) is 6.84. The number of hydrogen-bond donors (Lipinski definition) is 1. The number of ether oxygens (including phenoxy) is 1. The third-order valence-electron chi connectivity index (χ3n) is 3.21. The fourth-order valence-corrected chi connectivity index (χ4v) is 2.52. The fourth-order valence-electron chi connectivity index (χ4n) is 2.52. The van der Waals surface area contributed by atoms with Gasteiger partial charge in [0.05, 0.1) is 12.2 Å². The molecule has 3 rings (SSSR count). The number of nitrogens with one attached hydrogen (secondary N) is 1. The minimum atomic E-state index is 0.287. The van der Waals surface area contributed by atoms with Crippen LogP contribution in [0.15, 0.2) is 24.3 Å². The van der Waals surface area contributed by atoms with Crippen molar-refractivity contribution in [1.29, 1.82) is 0 Å². The summed E-state index contributed by atoms with van der Waals surface area (Å²) in [6.07, 6.45) is 1.74. The molecule has 1 heterocycles. The van der Waals surface area contributed by atoms with Crippen LogP contribution in [-0.2, 0) is 11.2 Å². The van der Waals surface area contributed by atoms with Crippen molar-refractivity contribution in [3.63, 3.8) is 0 Å². The largest absolute Gasteiger partial charge is 0.368 e. The summed E-state index contributed by atoms with van der Waals surface area (Å²) in [5, 5.41) is 3.55. The van der Waals surface area contributed by atoms with Crippen LogP contribution in [0.4, 0.5) is 0 Å². The van der Waals surface area contributed by atoms with Crippen LogP contribution in [0.2, 0.25) is 0 Å². The Morgan fingerprint density at radius 3 is 3.14 bits per heavy atom. The molecule has 1 aromatic carbocycles. The molecule has 1 aliphatic carbocycles. The molecule has 1 unspecified atom stereocenters. The number of rotatable bonds is 0. The average Bonchev–Trinajstić information content (AvgIpc) is 2.56. The quantitative estimate of drug-likeness (QED) is 0.670. The van der Waals surface area contributed by atoms with E-state index in [1.807, 2.05) is 0 Å². The summed E-state index contributed by atoms with van der Waals surface area (Å²) in [5.41, 5.74) is 2.83. The Labute approximate surface area is 84.3 Å². The van der Waals surface area contributed by atoms with Gasteiger partial charge in [-0.25, -0.2) is 0 Å². The van der Waals surface area contributed by atoms with Gasteiger partial charge >= 0.3 is 0 Å². The predicted octanol–water partition coefficient (Wildman–Crippen LogP) is 1.66. The van der Waals surface area contributed by atoms with Gasteiger partial charge in [0.1, 0.15) is 0 Å². The van der Waals surface area contributed by atoms with Crippen molar-refractivity contribution in [2.45, 2.75) is 31.6 Å². The molecule has 1 saturated heterocycles. The van der Waals surface area contributed by atoms with Crippen LogP contribution in [0.5, 0.6) is 0 Å². The zero-order chi connectivity index (χ0) is 9.54. The lowest BCUT2D eigenvalue weighted by molar-refractivity contribution is -0.0488. The molecular formula is C12H15NO. The SMILES string of the molecule is C[C@H]1CNC2Cc3ccccc3[C@@H]2O1. The van der Waals surface area contributed by atoms with E-state index in [0.717, 1.165) is 13.0 Å². The first kappa shape index (κ1) is 8.45. The van der Waals surface area contributed by atoms with Gasteiger partial charge < -0.3 is 10.1 Å². The molecule has 1 fully saturated rings. The zero-order valence-corrected chi connectivity index (χ0v) is 8.36. The highest BCUT2D eigenvalue weighted by molar-refractivity contribution is 5.36. The van der Waals surface area contributed by atoms with E-state index < -0.39 is 0 Å². The Morgan fingerprint density at radius 2 is 2.21 bits per heavy atom. The highest BCUT2D eigenvalue weighted by Gasteiger charge is 2.36. The highest BCUT2D eigenvalue weighted by atomic mass is 16.5. The molecule has 1 aromatic rings. The van der Waals surface area contributed by atoms with Gasteiger partial charge in [0.2, 0.25) is 0 Å². The lowest BCUT2D eigenvalue weighted by Gasteiger charge is -2.32. The molecule has 2 nitrogen and oxygen atoms in total. The summed E-state index contributed by atoms with van der Waals surface area (Å²) >= 11 is 0. The van der Waals surface area contributed by atoms with E-state index in [-0.39, 0.29) is 6.10 Å². The summed E-state index contributed by atoms with van der Waals surface area (Å²) in [4.78, 5) is 0. The van der Waals surface area contributed by atoms with Crippen molar-refractivity contribution < 1.29 is 4.74 Å². The first-order valence-electron chi connectivity index (χ1n) is 5.31. The van der Waals surface area contributed by atoms with Crippen LogP contribution in [0.1, 0.15) is 24.2 Å². The van der Waals surface area contributed by atoms with Gasteiger partial charge in [-0.2, -0.15) is 0 Å². The second-order valence-corrected chi connectivity index (χ2v) is 4.28. The van der Waals surface area contributed by atoms with Crippen molar-refractivity contribution in [2.24, 2.45) is 0 Å². The molecule has 0 saturated carbocycles. The molecule has 0 spiro atoms. The van der Waals surface area contributed by atoms with Crippen LogP contribution in [-0.4, -0.2) is 18.7 Å². The maximum Gasteiger partial charge on any atom is 0.0988 e. The maximum atomic E-state index is 5.97. The molecule has 74 valence electrons. The third kappa shape index (κ3) is 1.18. The molecule has 2 heteroatoms. The number of morpholine rings is 1. The molecule has 0 bridgehead atoms. The summed E-state index contributed by atoms with van der Waals surface area (Å²) in [7, 11) is 0. The van der Waals surface area contributed by atoms with Gasteiger partial charge in [-0.3, -0.25) is 0 Å². The van der Waals surface area contributed by atoms with E-state index in [2.05, 4.69) is 36.5 Å². The van der Waals surface area contributed by atoms with Gasteiger partial charge in [0, 0.05) is 12.6 Å². The standard InChI is InChI=1S/C12H15NO/c1-8-7-13-11-6-9-4-2-3-5-10(9)12(11)14-8/h2-5,8,11-13H,6-7H2,1H3/t8-,11?,12-/m0/s1. The molecular weight excluding hydrogens is 174 g/mol. The monoisotopic (exact) mass is 189 g/mol. The number of fused-ring (bicyclic) bond motifs is 3. The third-order valence-corrected chi connectivity index (χ3v) is 3.21. The lowest BCUT2D eigenvalue weighted by atomic mass is 10.1. The lowest BCUT2D eigenvalue weighted by Crippen LogP contribution is -2.45. The Balaban J connectivity index is 1.97. The Morgan fingerprint density at radius 1 is 1.36 bits per heavy atom. The molecule has 1 N–H and O–H groups in total. The second-order valence-electron chi connectivity index (χ2n) is 4.28. The molecule has 2 aliphatic rings. The average molecular weight is 189 g/mol. The molecule has 1 aliphatic heterocycles. The summed E-state index contributed by atoms with van der Waals surface area (Å²) < 4.78 is 5.97. The van der Waals surface area contributed by atoms with E-state index >= 15 is 0 Å². The van der Waals surface area contributed by atoms with E-state index in [1.54, 1.807) is 0 Å². The van der Waals surface area contributed by atoms with Gasteiger partial charge in [-0.05, 0) is 24.5 Å². The zero-order valence-electron chi connectivity index (χ0n) is 8.36. The summed E-state index contributed by atoms with van der Waals surface area (Å²) in [5.74, 6) is 0. The molecule has 14 heavy (non-hydrogen) atoms. The van der Waals surface area contributed by atoms with Crippen molar-refractivity contribution >= 4 is 0 Å². The van der Waals surface area contributed by atoms with Crippen molar-refractivity contribution in [3.05, 3.63) is 35.4 Å². The first-order valence-corrected chi connectivity index (χ1v) is 5.31. The Hall–Kier alpha value is -0.860. The van der Waals surface area contributed by atoms with Crippen molar-refractivity contribution in [1.82, 2.24) is 5.32 Å². The van der Waals surface area contributed by atoms with Crippen LogP contribution < -0.4 is 5.32 Å². The van der Waals surface area contributed by atoms with Crippen LogP contribution >= 0.6 is 0 Å². The summed E-state index contributed by atoms with van der Waals surface area (Å²) in [6, 6.07) is 9.12. The topological polar surface area (TPSA) is 21.3 Å². The van der Waals surface area contributed by atoms with E-state index in [1.165, 1.54) is 11.1 Å². The van der Waals surface area contributed by atoms with E-state index in [4.69, 9.17) is 4.74 Å². The minimum absolute atomic E-state index is 0.287. The van der Waals surface area contributed by atoms with Gasteiger partial charge in [0.25, 0.3) is 0 Å². The molecule has 0 radical (unpaired) electrons. The maximum absolute atomic E-state index is 5.97. The molecule has 0 aromatic heterocycles. The van der Waals surface area contributed by atoms with Gasteiger partial charge in [-0.1, -0.05) is 24.3 Å². The van der Waals surface area contributed by atoms with Gasteiger partial charge in [0.15, 0.2) is 0 Å². The smallest absolute Gasteiger partial charge is 0.0988 e. The molecule has 0 amide bonds. The van der Waals surface area contributed by atoms with E-state index in [9.17, 15) is 0 Å². The predicted molar refractivity (Wildman–Crippen MR) is 55.2 cm³/mol. The minimum Gasteiger partial charge on any atom is -0.368 e. The summed E-state index contributed by atoms with van der Waals surface area (Å²) in [6.45, 7) is 3.11. The number of benzene rings is 1. The van der Waals surface area contributed by atoms with Crippen molar-refractivity contribution in [2.75, 3.05) is 6.54 Å². The van der Waals surface area contributed by atoms with Crippen LogP contribution in [0.3, 0.4) is 0 Å². The van der Waals surface area contributed by atoms with Crippen LogP contribution in [0.25, 0.3) is 0 Å². The highest BCUT2D eigenvalue weighted by Crippen LogP contribution is 2.36. The second kappa shape index (κ2) is 3.07. The van der Waals surface area contributed by atoms with Gasteiger partial charge in [-0.15, -0.1) is 0 Å². The van der Waals surface area contributed by atoms with Crippen molar-refractivity contribution in [3.8, 4) is 0 Å². The Kier molecular flexibility index (Phi) is 1.85. The van der Waals surface area contributed by atoms with E-state index in [0.29, 0.717) is 12.1 Å². The van der Waals surface area contributed by atoms with Crippen LogP contribution in [0, 0.1) is 0 Å². The molecule has 3 atom stereocenters. The fraction of sp³-hybridized carbons (Fsp3) is 0.500. The normalized spacial score (nSPS) is 35.1. The number of hydrogen-bond acceptors (Lipinski definition) is 2.